The Morgan fingerprint density at radius 1 is 1.43 bits per heavy atom. The van der Waals surface area contributed by atoms with Gasteiger partial charge in [0.2, 0.25) is 11.8 Å². The molecule has 3 rings (SSSR count). The van der Waals surface area contributed by atoms with Crippen LogP contribution in [0.3, 0.4) is 0 Å². The molecular formula is C17H23N3O2S. The van der Waals surface area contributed by atoms with Crippen molar-refractivity contribution in [1.82, 2.24) is 10.2 Å². The van der Waals surface area contributed by atoms with Crippen molar-refractivity contribution in [3.05, 3.63) is 24.3 Å². The second-order valence-corrected chi connectivity index (χ2v) is 6.99. The van der Waals surface area contributed by atoms with Crippen LogP contribution in [0.25, 0.3) is 0 Å². The lowest BCUT2D eigenvalue weighted by atomic mass is 10.2. The highest BCUT2D eigenvalue weighted by atomic mass is 32.2. The predicted octanol–water partition coefficient (Wildman–Crippen LogP) is 1.73. The molecule has 0 aromatic heterocycles. The van der Waals surface area contributed by atoms with E-state index in [4.69, 9.17) is 0 Å². The summed E-state index contributed by atoms with van der Waals surface area (Å²) in [5.41, 5.74) is 0.864. The largest absolute Gasteiger partial charge is 0.337 e. The van der Waals surface area contributed by atoms with E-state index in [0.29, 0.717) is 5.75 Å². The molecule has 0 aliphatic carbocycles. The SMILES string of the molecule is CCCN(C(=O)CN1C(=O)CSc2ccccc21)C1CCNC1. The molecule has 0 saturated carbocycles. The summed E-state index contributed by atoms with van der Waals surface area (Å²) in [6.45, 7) is 4.80. The van der Waals surface area contributed by atoms with Crippen molar-refractivity contribution < 1.29 is 9.59 Å². The van der Waals surface area contributed by atoms with Crippen molar-refractivity contribution in [2.75, 3.05) is 36.8 Å². The molecule has 0 radical (unpaired) electrons. The third kappa shape index (κ3) is 3.53. The maximum absolute atomic E-state index is 12.8. The summed E-state index contributed by atoms with van der Waals surface area (Å²) in [6, 6.07) is 8.07. The Labute approximate surface area is 141 Å². The fourth-order valence-electron chi connectivity index (χ4n) is 3.21. The van der Waals surface area contributed by atoms with Gasteiger partial charge < -0.3 is 15.1 Å². The Kier molecular flexibility index (Phi) is 5.23. The van der Waals surface area contributed by atoms with Gasteiger partial charge in [-0.25, -0.2) is 0 Å². The Balaban J connectivity index is 1.76. The third-order valence-corrected chi connectivity index (χ3v) is 5.41. The molecule has 23 heavy (non-hydrogen) atoms. The van der Waals surface area contributed by atoms with Gasteiger partial charge in [-0.3, -0.25) is 9.59 Å². The number of para-hydroxylation sites is 1. The number of fused-ring (bicyclic) bond motifs is 1. The molecule has 1 aromatic rings. The fraction of sp³-hybridized carbons (Fsp3) is 0.529. The van der Waals surface area contributed by atoms with Gasteiger partial charge in [0.05, 0.1) is 11.4 Å². The molecule has 2 amide bonds. The van der Waals surface area contributed by atoms with Crippen LogP contribution in [0.4, 0.5) is 5.69 Å². The zero-order chi connectivity index (χ0) is 16.2. The lowest BCUT2D eigenvalue weighted by molar-refractivity contribution is -0.133. The zero-order valence-electron chi connectivity index (χ0n) is 13.5. The van der Waals surface area contributed by atoms with Crippen molar-refractivity contribution >= 4 is 29.3 Å². The number of nitrogens with one attached hydrogen (secondary N) is 1. The van der Waals surface area contributed by atoms with Crippen molar-refractivity contribution in [1.29, 1.82) is 0 Å². The van der Waals surface area contributed by atoms with Gasteiger partial charge in [0.25, 0.3) is 0 Å². The van der Waals surface area contributed by atoms with Crippen LogP contribution in [-0.4, -0.2) is 54.7 Å². The van der Waals surface area contributed by atoms with E-state index in [1.807, 2.05) is 29.2 Å². The molecule has 1 fully saturated rings. The second-order valence-electron chi connectivity index (χ2n) is 5.97. The van der Waals surface area contributed by atoms with Crippen LogP contribution in [0.15, 0.2) is 29.2 Å². The van der Waals surface area contributed by atoms with Crippen LogP contribution in [0.5, 0.6) is 0 Å². The Bertz CT molecular complexity index is 587. The summed E-state index contributed by atoms with van der Waals surface area (Å²) < 4.78 is 0. The van der Waals surface area contributed by atoms with Crippen LogP contribution in [0.2, 0.25) is 0 Å². The number of carbonyl (C=O) groups excluding carboxylic acids is 2. The van der Waals surface area contributed by atoms with E-state index in [1.165, 1.54) is 0 Å². The molecule has 1 atom stereocenters. The number of anilines is 1. The van der Waals surface area contributed by atoms with Crippen molar-refractivity contribution in [3.8, 4) is 0 Å². The lowest BCUT2D eigenvalue weighted by Gasteiger charge is -2.33. The molecule has 1 aromatic carbocycles. The van der Waals surface area contributed by atoms with Gasteiger partial charge in [0.1, 0.15) is 6.54 Å². The van der Waals surface area contributed by atoms with E-state index in [-0.39, 0.29) is 24.4 Å². The molecule has 0 bridgehead atoms. The molecule has 0 spiro atoms. The Hall–Kier alpha value is -1.53. The standard InChI is InChI=1S/C17H23N3O2S/c1-2-9-19(13-7-8-18-10-13)16(21)11-20-14-5-3-4-6-15(14)23-12-17(20)22/h3-6,13,18H,2,7-12H2,1H3. The van der Waals surface area contributed by atoms with Gasteiger partial charge in [-0.1, -0.05) is 19.1 Å². The quantitative estimate of drug-likeness (QED) is 0.891. The van der Waals surface area contributed by atoms with Crippen LogP contribution in [0.1, 0.15) is 19.8 Å². The van der Waals surface area contributed by atoms with E-state index in [2.05, 4.69) is 12.2 Å². The summed E-state index contributed by atoms with van der Waals surface area (Å²) in [6.07, 6.45) is 1.93. The van der Waals surface area contributed by atoms with Crippen LogP contribution >= 0.6 is 11.8 Å². The first-order chi connectivity index (χ1) is 11.2. The van der Waals surface area contributed by atoms with E-state index < -0.39 is 0 Å². The van der Waals surface area contributed by atoms with E-state index in [1.54, 1.807) is 16.7 Å². The molecular weight excluding hydrogens is 310 g/mol. The minimum absolute atomic E-state index is 0.0167. The minimum Gasteiger partial charge on any atom is -0.337 e. The number of rotatable bonds is 5. The zero-order valence-corrected chi connectivity index (χ0v) is 14.3. The summed E-state index contributed by atoms with van der Waals surface area (Å²) in [4.78, 5) is 29.8. The number of amides is 2. The maximum atomic E-state index is 12.8. The average molecular weight is 333 g/mol. The number of hydrogen-bond donors (Lipinski definition) is 1. The first-order valence-electron chi connectivity index (χ1n) is 8.23. The molecule has 1 N–H and O–H groups in total. The summed E-state index contributed by atoms with van der Waals surface area (Å²) in [5.74, 6) is 0.474. The van der Waals surface area contributed by atoms with E-state index in [9.17, 15) is 9.59 Å². The Morgan fingerprint density at radius 2 is 2.26 bits per heavy atom. The smallest absolute Gasteiger partial charge is 0.242 e. The molecule has 2 aliphatic rings. The molecule has 124 valence electrons. The molecule has 5 nitrogen and oxygen atoms in total. The third-order valence-electron chi connectivity index (χ3n) is 4.36. The topological polar surface area (TPSA) is 52.7 Å². The van der Waals surface area contributed by atoms with Gasteiger partial charge >= 0.3 is 0 Å². The molecule has 1 saturated heterocycles. The summed E-state index contributed by atoms with van der Waals surface area (Å²) in [5, 5.41) is 3.32. The predicted molar refractivity (Wildman–Crippen MR) is 92.8 cm³/mol. The Morgan fingerprint density at radius 3 is 3.00 bits per heavy atom. The van der Waals surface area contributed by atoms with Gasteiger partial charge in [0, 0.05) is 24.0 Å². The van der Waals surface area contributed by atoms with Gasteiger partial charge in [-0.2, -0.15) is 0 Å². The van der Waals surface area contributed by atoms with Gasteiger partial charge in [-0.05, 0) is 31.5 Å². The highest BCUT2D eigenvalue weighted by Gasteiger charge is 2.31. The number of carbonyl (C=O) groups is 2. The number of benzene rings is 1. The molecule has 1 unspecified atom stereocenters. The molecule has 2 heterocycles. The second kappa shape index (κ2) is 7.36. The highest BCUT2D eigenvalue weighted by molar-refractivity contribution is 8.00. The van der Waals surface area contributed by atoms with E-state index >= 15 is 0 Å². The maximum Gasteiger partial charge on any atom is 0.242 e. The first-order valence-corrected chi connectivity index (χ1v) is 9.21. The summed E-state index contributed by atoms with van der Waals surface area (Å²) >= 11 is 1.55. The highest BCUT2D eigenvalue weighted by Crippen LogP contribution is 2.34. The number of hydrogen-bond acceptors (Lipinski definition) is 4. The minimum atomic E-state index is 0.0167. The van der Waals surface area contributed by atoms with Gasteiger partial charge in [-0.15, -0.1) is 11.8 Å². The first kappa shape index (κ1) is 16.3. The monoisotopic (exact) mass is 333 g/mol. The van der Waals surface area contributed by atoms with Crippen LogP contribution in [0, 0.1) is 0 Å². The lowest BCUT2D eigenvalue weighted by Crippen LogP contribution is -2.49. The summed E-state index contributed by atoms with van der Waals surface area (Å²) in [7, 11) is 0. The van der Waals surface area contributed by atoms with Crippen LogP contribution in [-0.2, 0) is 9.59 Å². The van der Waals surface area contributed by atoms with Crippen molar-refractivity contribution in [3.63, 3.8) is 0 Å². The fourth-order valence-corrected chi connectivity index (χ4v) is 4.15. The van der Waals surface area contributed by atoms with Crippen molar-refractivity contribution in [2.45, 2.75) is 30.7 Å². The average Bonchev–Trinajstić information content (AvgIpc) is 3.09. The molecule has 2 aliphatic heterocycles. The molecule has 6 heteroatoms. The van der Waals surface area contributed by atoms with Crippen LogP contribution < -0.4 is 10.2 Å². The van der Waals surface area contributed by atoms with Crippen molar-refractivity contribution in [2.24, 2.45) is 0 Å². The number of nitrogens with zero attached hydrogens (tertiary/aromatic N) is 2. The number of thioether (sulfide) groups is 1. The van der Waals surface area contributed by atoms with E-state index in [0.717, 1.165) is 43.1 Å². The van der Waals surface area contributed by atoms with Gasteiger partial charge in [0.15, 0.2) is 0 Å². The normalized spacial score (nSPS) is 20.5.